The third-order valence-electron chi connectivity index (χ3n) is 2.83. The lowest BCUT2D eigenvalue weighted by Crippen LogP contribution is -2.15. The molecule has 2 N–H and O–H groups in total. The van der Waals surface area contributed by atoms with Crippen molar-refractivity contribution in [1.29, 1.82) is 0 Å². The van der Waals surface area contributed by atoms with E-state index in [0.717, 1.165) is 5.39 Å². The first-order valence-electron chi connectivity index (χ1n) is 5.65. The van der Waals surface area contributed by atoms with Gasteiger partial charge in [0.05, 0.1) is 18.7 Å². The van der Waals surface area contributed by atoms with Gasteiger partial charge in [0.25, 0.3) is 5.56 Å². The molecule has 0 aliphatic rings. The van der Waals surface area contributed by atoms with Gasteiger partial charge in [-0.05, 0) is 30.0 Å². The van der Waals surface area contributed by atoms with Crippen LogP contribution in [0.1, 0.15) is 18.1 Å². The summed E-state index contributed by atoms with van der Waals surface area (Å²) >= 11 is 0. The lowest BCUT2D eigenvalue weighted by Gasteiger charge is -2.09. The highest BCUT2D eigenvalue weighted by Crippen LogP contribution is 2.21. The molecule has 0 amide bonds. The minimum Gasteiger partial charge on any atom is -0.497 e. The standard InChI is InChI=1S/C14H15NO3/c1-3-4-13(16)11-7-9-5-6-10(18-2)8-12(9)15-14(11)17/h3,5-8,13,16H,1,4H2,2H3,(H,15,17). The molecule has 94 valence electrons. The van der Waals surface area contributed by atoms with Gasteiger partial charge in [0.15, 0.2) is 0 Å². The van der Waals surface area contributed by atoms with Crippen LogP contribution in [0.25, 0.3) is 10.9 Å². The summed E-state index contributed by atoms with van der Waals surface area (Å²) < 4.78 is 5.09. The van der Waals surface area contributed by atoms with Gasteiger partial charge < -0.3 is 14.8 Å². The van der Waals surface area contributed by atoms with Crippen molar-refractivity contribution in [3.8, 4) is 5.75 Å². The summed E-state index contributed by atoms with van der Waals surface area (Å²) in [6, 6.07) is 7.10. The molecule has 1 heterocycles. The van der Waals surface area contributed by atoms with Gasteiger partial charge in [-0.3, -0.25) is 4.79 Å². The van der Waals surface area contributed by atoms with Crippen LogP contribution >= 0.6 is 0 Å². The number of hydrogen-bond donors (Lipinski definition) is 2. The molecular weight excluding hydrogens is 230 g/mol. The second-order valence-electron chi connectivity index (χ2n) is 4.05. The van der Waals surface area contributed by atoms with Crippen LogP contribution in [0.3, 0.4) is 0 Å². The third-order valence-corrected chi connectivity index (χ3v) is 2.83. The van der Waals surface area contributed by atoms with Crippen LogP contribution in [0.2, 0.25) is 0 Å². The summed E-state index contributed by atoms with van der Waals surface area (Å²) in [4.78, 5) is 14.6. The van der Waals surface area contributed by atoms with E-state index in [1.807, 2.05) is 12.1 Å². The monoisotopic (exact) mass is 245 g/mol. The SMILES string of the molecule is C=CCC(O)c1cc2ccc(OC)cc2[nH]c1=O. The summed E-state index contributed by atoms with van der Waals surface area (Å²) in [7, 11) is 1.57. The van der Waals surface area contributed by atoms with Crippen LogP contribution in [0, 0.1) is 0 Å². The number of methoxy groups -OCH3 is 1. The molecule has 1 aromatic carbocycles. The average Bonchev–Trinajstić information content (AvgIpc) is 2.37. The highest BCUT2D eigenvalue weighted by molar-refractivity contribution is 5.80. The zero-order chi connectivity index (χ0) is 13.1. The number of H-pyrrole nitrogens is 1. The Morgan fingerprint density at radius 3 is 2.94 bits per heavy atom. The fourth-order valence-corrected chi connectivity index (χ4v) is 1.86. The molecule has 18 heavy (non-hydrogen) atoms. The molecule has 0 saturated carbocycles. The number of ether oxygens (including phenoxy) is 1. The fraction of sp³-hybridized carbons (Fsp3) is 0.214. The van der Waals surface area contributed by atoms with Crippen molar-refractivity contribution >= 4 is 10.9 Å². The second kappa shape index (κ2) is 5.06. The van der Waals surface area contributed by atoms with E-state index < -0.39 is 6.10 Å². The molecule has 2 aromatic rings. The molecule has 0 aliphatic carbocycles. The van der Waals surface area contributed by atoms with Gasteiger partial charge in [-0.15, -0.1) is 6.58 Å². The summed E-state index contributed by atoms with van der Waals surface area (Å²) in [6.07, 6.45) is 1.12. The summed E-state index contributed by atoms with van der Waals surface area (Å²) in [5.41, 5.74) is 0.756. The van der Waals surface area contributed by atoms with Crippen LogP contribution < -0.4 is 10.3 Å². The van der Waals surface area contributed by atoms with Crippen LogP contribution in [0.4, 0.5) is 0 Å². The number of aliphatic hydroxyl groups excluding tert-OH is 1. The fourth-order valence-electron chi connectivity index (χ4n) is 1.86. The minimum atomic E-state index is -0.822. The van der Waals surface area contributed by atoms with E-state index in [9.17, 15) is 9.90 Å². The van der Waals surface area contributed by atoms with Gasteiger partial charge in [0, 0.05) is 11.6 Å². The number of benzene rings is 1. The van der Waals surface area contributed by atoms with Crippen molar-refractivity contribution in [3.05, 3.63) is 52.8 Å². The molecule has 0 bridgehead atoms. The Hall–Kier alpha value is -2.07. The number of aromatic amines is 1. The number of hydrogen-bond acceptors (Lipinski definition) is 3. The lowest BCUT2D eigenvalue weighted by molar-refractivity contribution is 0.180. The highest BCUT2D eigenvalue weighted by atomic mass is 16.5. The zero-order valence-corrected chi connectivity index (χ0v) is 10.1. The van der Waals surface area contributed by atoms with Crippen LogP contribution in [0.15, 0.2) is 41.7 Å². The number of nitrogens with one attached hydrogen (secondary N) is 1. The number of rotatable bonds is 4. The van der Waals surface area contributed by atoms with E-state index in [4.69, 9.17) is 4.74 Å². The predicted molar refractivity (Wildman–Crippen MR) is 70.9 cm³/mol. The summed E-state index contributed by atoms with van der Waals surface area (Å²) in [5.74, 6) is 0.678. The van der Waals surface area contributed by atoms with Crippen molar-refractivity contribution < 1.29 is 9.84 Å². The van der Waals surface area contributed by atoms with E-state index in [2.05, 4.69) is 11.6 Å². The Labute approximate surface area is 105 Å². The first-order valence-corrected chi connectivity index (χ1v) is 5.65. The molecule has 1 aromatic heterocycles. The topological polar surface area (TPSA) is 62.3 Å². The highest BCUT2D eigenvalue weighted by Gasteiger charge is 2.11. The Balaban J connectivity index is 2.55. The molecular formula is C14H15NO3. The summed E-state index contributed by atoms with van der Waals surface area (Å²) in [5, 5.41) is 10.7. The molecule has 0 aliphatic heterocycles. The first-order chi connectivity index (χ1) is 8.65. The van der Waals surface area contributed by atoms with Crippen molar-refractivity contribution in [2.75, 3.05) is 7.11 Å². The van der Waals surface area contributed by atoms with Crippen molar-refractivity contribution in [1.82, 2.24) is 4.98 Å². The Morgan fingerprint density at radius 2 is 2.28 bits per heavy atom. The van der Waals surface area contributed by atoms with Crippen molar-refractivity contribution in [3.63, 3.8) is 0 Å². The van der Waals surface area contributed by atoms with Gasteiger partial charge >= 0.3 is 0 Å². The van der Waals surface area contributed by atoms with E-state index in [1.165, 1.54) is 0 Å². The number of pyridine rings is 1. The molecule has 4 heteroatoms. The maximum Gasteiger partial charge on any atom is 0.254 e. The minimum absolute atomic E-state index is 0.287. The largest absolute Gasteiger partial charge is 0.497 e. The maximum absolute atomic E-state index is 11.9. The quantitative estimate of drug-likeness (QED) is 0.811. The number of aliphatic hydroxyl groups is 1. The maximum atomic E-state index is 11.9. The summed E-state index contributed by atoms with van der Waals surface area (Å²) in [6.45, 7) is 3.55. The lowest BCUT2D eigenvalue weighted by atomic mass is 10.1. The van der Waals surface area contributed by atoms with Crippen molar-refractivity contribution in [2.24, 2.45) is 0 Å². The van der Waals surface area contributed by atoms with Gasteiger partial charge in [0.1, 0.15) is 5.75 Å². The van der Waals surface area contributed by atoms with Crippen LogP contribution in [0.5, 0.6) is 5.75 Å². The van der Waals surface area contributed by atoms with Gasteiger partial charge in [-0.25, -0.2) is 0 Å². The second-order valence-corrected chi connectivity index (χ2v) is 4.05. The Morgan fingerprint density at radius 1 is 1.50 bits per heavy atom. The molecule has 0 spiro atoms. The molecule has 4 nitrogen and oxygen atoms in total. The predicted octanol–water partition coefficient (Wildman–Crippen LogP) is 2.15. The molecule has 2 rings (SSSR count). The molecule has 1 unspecified atom stereocenters. The van der Waals surface area contributed by atoms with Crippen LogP contribution in [-0.4, -0.2) is 17.2 Å². The molecule has 0 fully saturated rings. The Bertz CT molecular complexity index is 630. The normalized spacial score (nSPS) is 12.3. The van der Waals surface area contributed by atoms with Gasteiger partial charge in [-0.1, -0.05) is 6.08 Å². The van der Waals surface area contributed by atoms with E-state index in [1.54, 1.807) is 25.3 Å². The van der Waals surface area contributed by atoms with Crippen LogP contribution in [-0.2, 0) is 0 Å². The number of fused-ring (bicyclic) bond motifs is 1. The number of aromatic nitrogens is 1. The van der Waals surface area contributed by atoms with E-state index in [0.29, 0.717) is 23.3 Å². The zero-order valence-electron chi connectivity index (χ0n) is 10.1. The Kier molecular flexibility index (Phi) is 3.48. The smallest absolute Gasteiger partial charge is 0.254 e. The van der Waals surface area contributed by atoms with Gasteiger partial charge in [-0.2, -0.15) is 0 Å². The molecule has 1 atom stereocenters. The van der Waals surface area contributed by atoms with Gasteiger partial charge in [0.2, 0.25) is 0 Å². The molecule has 0 radical (unpaired) electrons. The third kappa shape index (κ3) is 2.28. The average molecular weight is 245 g/mol. The van der Waals surface area contributed by atoms with E-state index >= 15 is 0 Å². The molecule has 0 saturated heterocycles. The van der Waals surface area contributed by atoms with E-state index in [-0.39, 0.29) is 5.56 Å². The van der Waals surface area contributed by atoms with Crippen molar-refractivity contribution in [2.45, 2.75) is 12.5 Å². The first kappa shape index (κ1) is 12.4.